The first-order chi connectivity index (χ1) is 9.70. The number of nitrogens with zero attached hydrogens (tertiary/aromatic N) is 2. The van der Waals surface area contributed by atoms with Crippen LogP contribution >= 0.6 is 0 Å². The molecule has 6 heteroatoms. The van der Waals surface area contributed by atoms with Crippen molar-refractivity contribution in [3.8, 4) is 11.8 Å². The first-order valence-electron chi connectivity index (χ1n) is 5.68. The lowest BCUT2D eigenvalue weighted by Crippen LogP contribution is -2.15. The number of benzene rings is 1. The highest BCUT2D eigenvalue weighted by molar-refractivity contribution is 6.03. The fourth-order valence-corrected chi connectivity index (χ4v) is 1.45. The number of aliphatic hydroxyl groups excluding tert-OH is 1. The van der Waals surface area contributed by atoms with Crippen molar-refractivity contribution in [1.29, 1.82) is 0 Å². The molecule has 0 atom stereocenters. The van der Waals surface area contributed by atoms with Crippen LogP contribution in [0.2, 0.25) is 0 Å². The Hall–Kier alpha value is -2.78. The molecule has 1 aromatic carbocycles. The van der Waals surface area contributed by atoms with Gasteiger partial charge in [0, 0.05) is 18.0 Å². The van der Waals surface area contributed by atoms with Crippen LogP contribution in [0.25, 0.3) is 0 Å². The molecule has 2 rings (SSSR count). The van der Waals surface area contributed by atoms with Crippen molar-refractivity contribution in [2.45, 2.75) is 0 Å². The summed E-state index contributed by atoms with van der Waals surface area (Å²) in [4.78, 5) is 19.6. The van der Waals surface area contributed by atoms with E-state index in [9.17, 15) is 9.18 Å². The zero-order valence-corrected chi connectivity index (χ0v) is 10.3. The van der Waals surface area contributed by atoms with Crippen molar-refractivity contribution in [3.63, 3.8) is 0 Å². The van der Waals surface area contributed by atoms with Crippen LogP contribution in [-0.2, 0) is 0 Å². The van der Waals surface area contributed by atoms with Crippen molar-refractivity contribution in [3.05, 3.63) is 53.6 Å². The van der Waals surface area contributed by atoms with Crippen molar-refractivity contribution >= 4 is 11.9 Å². The third-order valence-electron chi connectivity index (χ3n) is 2.31. The van der Waals surface area contributed by atoms with Crippen LogP contribution in [0.4, 0.5) is 10.3 Å². The minimum atomic E-state index is -0.673. The number of aliphatic hydroxyl groups is 1. The number of nitrogens with one attached hydrogen (secondary N) is 1. The maximum atomic E-state index is 13.6. The largest absolute Gasteiger partial charge is 0.384 e. The van der Waals surface area contributed by atoms with Gasteiger partial charge in [-0.2, -0.15) is 0 Å². The van der Waals surface area contributed by atoms with E-state index in [-0.39, 0.29) is 18.1 Å². The third kappa shape index (κ3) is 3.37. The van der Waals surface area contributed by atoms with Crippen molar-refractivity contribution in [2.24, 2.45) is 0 Å². The summed E-state index contributed by atoms with van der Waals surface area (Å²) in [7, 11) is 0. The maximum Gasteiger partial charge on any atom is 0.261 e. The Morgan fingerprint density at radius 2 is 2.10 bits per heavy atom. The molecular formula is C14H10FN3O2. The van der Waals surface area contributed by atoms with E-state index in [0.29, 0.717) is 5.56 Å². The Morgan fingerprint density at radius 1 is 1.35 bits per heavy atom. The summed E-state index contributed by atoms with van der Waals surface area (Å²) in [5.41, 5.74) is 0.266. The van der Waals surface area contributed by atoms with Gasteiger partial charge in [0.25, 0.3) is 5.91 Å². The third-order valence-corrected chi connectivity index (χ3v) is 2.31. The average molecular weight is 271 g/mol. The van der Waals surface area contributed by atoms with E-state index in [1.54, 1.807) is 6.07 Å². The van der Waals surface area contributed by atoms with Gasteiger partial charge in [-0.1, -0.05) is 11.8 Å². The van der Waals surface area contributed by atoms with Crippen LogP contribution in [-0.4, -0.2) is 27.6 Å². The predicted molar refractivity (Wildman–Crippen MR) is 70.3 cm³/mol. The van der Waals surface area contributed by atoms with E-state index >= 15 is 0 Å². The number of amides is 1. The molecule has 0 unspecified atom stereocenters. The molecule has 5 nitrogen and oxygen atoms in total. The van der Waals surface area contributed by atoms with Gasteiger partial charge in [-0.25, -0.2) is 14.4 Å². The number of carbonyl (C=O) groups excluding carboxylic acids is 1. The zero-order valence-electron chi connectivity index (χ0n) is 10.3. The van der Waals surface area contributed by atoms with Crippen LogP contribution in [0.15, 0.2) is 36.7 Å². The lowest BCUT2D eigenvalue weighted by Gasteiger charge is -2.04. The van der Waals surface area contributed by atoms with E-state index < -0.39 is 11.7 Å². The summed E-state index contributed by atoms with van der Waals surface area (Å²) >= 11 is 0. The van der Waals surface area contributed by atoms with Gasteiger partial charge in [-0.3, -0.25) is 10.1 Å². The molecule has 100 valence electrons. The Bertz CT molecular complexity index is 678. The number of hydrogen-bond donors (Lipinski definition) is 2. The quantitative estimate of drug-likeness (QED) is 0.805. The molecular weight excluding hydrogens is 261 g/mol. The zero-order chi connectivity index (χ0) is 14.4. The number of aromatic nitrogens is 2. The fourth-order valence-electron chi connectivity index (χ4n) is 1.45. The molecule has 0 aliphatic carbocycles. The van der Waals surface area contributed by atoms with Crippen molar-refractivity contribution in [1.82, 2.24) is 9.97 Å². The standard InChI is InChI=1S/C14H10FN3O2/c15-12-5-4-10(3-1-8-19)9-11(12)13(20)18-14-16-6-2-7-17-14/h2,4-7,9,19H,8H2,(H,16,17,18,20). The van der Waals surface area contributed by atoms with Crippen LogP contribution in [0, 0.1) is 17.7 Å². The number of hydrogen-bond acceptors (Lipinski definition) is 4. The number of halogens is 1. The Morgan fingerprint density at radius 3 is 2.80 bits per heavy atom. The summed E-state index contributed by atoms with van der Waals surface area (Å²) in [6.45, 7) is -0.309. The SMILES string of the molecule is O=C(Nc1ncccn1)c1cc(C#CCO)ccc1F. The van der Waals surface area contributed by atoms with Gasteiger partial charge in [0.05, 0.1) is 5.56 Å². The Kier molecular flexibility index (Phi) is 4.37. The average Bonchev–Trinajstić information content (AvgIpc) is 2.47. The highest BCUT2D eigenvalue weighted by Crippen LogP contribution is 2.11. The van der Waals surface area contributed by atoms with Gasteiger partial charge >= 0.3 is 0 Å². The van der Waals surface area contributed by atoms with Crippen molar-refractivity contribution < 1.29 is 14.3 Å². The number of carbonyl (C=O) groups is 1. The Balaban J connectivity index is 2.25. The molecule has 1 heterocycles. The van der Waals surface area contributed by atoms with Crippen LogP contribution in [0.1, 0.15) is 15.9 Å². The van der Waals surface area contributed by atoms with Gasteiger partial charge in [-0.15, -0.1) is 0 Å². The molecule has 0 fully saturated rings. The monoisotopic (exact) mass is 271 g/mol. The summed E-state index contributed by atoms with van der Waals surface area (Å²) < 4.78 is 13.6. The summed E-state index contributed by atoms with van der Waals surface area (Å²) in [6.07, 6.45) is 2.92. The van der Waals surface area contributed by atoms with Crippen molar-refractivity contribution in [2.75, 3.05) is 11.9 Å². The molecule has 0 saturated carbocycles. The summed E-state index contributed by atoms with van der Waals surface area (Å²) in [5.74, 6) is 3.78. The second kappa shape index (κ2) is 6.41. The topological polar surface area (TPSA) is 75.1 Å². The lowest BCUT2D eigenvalue weighted by atomic mass is 10.1. The van der Waals surface area contributed by atoms with Gasteiger partial charge in [0.1, 0.15) is 12.4 Å². The number of anilines is 1. The van der Waals surface area contributed by atoms with Gasteiger partial charge in [0.2, 0.25) is 5.95 Å². The second-order valence-electron chi connectivity index (χ2n) is 3.68. The first kappa shape index (κ1) is 13.6. The van der Waals surface area contributed by atoms with Crippen LogP contribution in [0.3, 0.4) is 0 Å². The Labute approximate surface area is 114 Å². The number of rotatable bonds is 2. The normalized spacial score (nSPS) is 9.50. The van der Waals surface area contributed by atoms with Crippen LogP contribution < -0.4 is 5.32 Å². The summed E-state index contributed by atoms with van der Waals surface area (Å²) in [6, 6.07) is 5.47. The minimum absolute atomic E-state index is 0.0868. The molecule has 20 heavy (non-hydrogen) atoms. The van der Waals surface area contributed by atoms with E-state index in [1.165, 1.54) is 24.5 Å². The first-order valence-corrected chi connectivity index (χ1v) is 5.68. The summed E-state index contributed by atoms with van der Waals surface area (Å²) in [5, 5.41) is 11.0. The smallest absolute Gasteiger partial charge is 0.261 e. The molecule has 0 aliphatic rings. The van der Waals surface area contributed by atoms with Gasteiger partial charge in [-0.05, 0) is 24.3 Å². The maximum absolute atomic E-state index is 13.6. The van der Waals surface area contributed by atoms with E-state index in [2.05, 4.69) is 27.1 Å². The fraction of sp³-hybridized carbons (Fsp3) is 0.0714. The highest BCUT2D eigenvalue weighted by atomic mass is 19.1. The molecule has 0 aliphatic heterocycles. The minimum Gasteiger partial charge on any atom is -0.384 e. The van der Waals surface area contributed by atoms with Crippen LogP contribution in [0.5, 0.6) is 0 Å². The molecule has 2 aromatic rings. The second-order valence-corrected chi connectivity index (χ2v) is 3.68. The molecule has 0 radical (unpaired) electrons. The molecule has 2 N–H and O–H groups in total. The predicted octanol–water partition coefficient (Wildman–Crippen LogP) is 1.21. The molecule has 1 amide bonds. The van der Waals surface area contributed by atoms with Gasteiger partial charge < -0.3 is 5.11 Å². The molecule has 0 spiro atoms. The van der Waals surface area contributed by atoms with E-state index in [4.69, 9.17) is 5.11 Å². The van der Waals surface area contributed by atoms with E-state index in [1.807, 2.05) is 0 Å². The lowest BCUT2D eigenvalue weighted by molar-refractivity contribution is 0.102. The van der Waals surface area contributed by atoms with Gasteiger partial charge in [0.15, 0.2) is 0 Å². The van der Waals surface area contributed by atoms with E-state index in [0.717, 1.165) is 6.07 Å². The molecule has 1 aromatic heterocycles. The highest BCUT2D eigenvalue weighted by Gasteiger charge is 2.13. The molecule has 0 bridgehead atoms. The molecule has 0 saturated heterocycles.